The number of hydrogen-bond donors (Lipinski definition) is 1. The zero-order valence-corrected chi connectivity index (χ0v) is 14.5. The number of carbonyl (C=O) groups excluding carboxylic acids is 2. The van der Waals surface area contributed by atoms with E-state index in [4.69, 9.17) is 19.9 Å². The second-order valence-corrected chi connectivity index (χ2v) is 6.49. The van der Waals surface area contributed by atoms with Gasteiger partial charge in [0.25, 0.3) is 11.8 Å². The van der Waals surface area contributed by atoms with Gasteiger partial charge in [0, 0.05) is 18.7 Å². The van der Waals surface area contributed by atoms with E-state index in [-0.39, 0.29) is 24.2 Å². The number of hydrogen-bond acceptors (Lipinski definition) is 5. The molecule has 2 rings (SSSR count). The van der Waals surface area contributed by atoms with Gasteiger partial charge in [0.2, 0.25) is 0 Å². The molecule has 1 saturated heterocycles. The molecule has 7 heteroatoms. The molecule has 7 nitrogen and oxygen atoms in total. The first-order valence-corrected chi connectivity index (χ1v) is 7.78. The van der Waals surface area contributed by atoms with Crippen molar-refractivity contribution < 1.29 is 23.8 Å². The van der Waals surface area contributed by atoms with Crippen molar-refractivity contribution in [1.82, 2.24) is 4.90 Å². The Balaban J connectivity index is 2.19. The van der Waals surface area contributed by atoms with E-state index in [9.17, 15) is 9.59 Å². The Morgan fingerprint density at radius 3 is 2.67 bits per heavy atom. The van der Waals surface area contributed by atoms with Gasteiger partial charge in [0.1, 0.15) is 0 Å². The van der Waals surface area contributed by atoms with Gasteiger partial charge in [-0.15, -0.1) is 0 Å². The predicted molar refractivity (Wildman–Crippen MR) is 88.2 cm³/mol. The van der Waals surface area contributed by atoms with E-state index in [1.165, 1.54) is 7.11 Å². The molecule has 1 fully saturated rings. The summed E-state index contributed by atoms with van der Waals surface area (Å²) in [5, 5.41) is 0. The number of nitrogens with two attached hydrogens (primary N) is 1. The second kappa shape index (κ2) is 7.09. The van der Waals surface area contributed by atoms with Crippen molar-refractivity contribution >= 4 is 11.8 Å². The fourth-order valence-electron chi connectivity index (χ4n) is 2.86. The van der Waals surface area contributed by atoms with E-state index in [1.807, 2.05) is 20.8 Å². The van der Waals surface area contributed by atoms with E-state index < -0.39 is 5.91 Å². The number of carbonyl (C=O) groups is 2. The molecule has 1 aromatic rings. The van der Waals surface area contributed by atoms with E-state index in [2.05, 4.69) is 0 Å². The van der Waals surface area contributed by atoms with Crippen molar-refractivity contribution in [3.8, 4) is 11.5 Å². The normalized spacial score (nSPS) is 19.7. The zero-order chi connectivity index (χ0) is 17.9. The van der Waals surface area contributed by atoms with Crippen LogP contribution in [0.25, 0.3) is 0 Å². The zero-order valence-electron chi connectivity index (χ0n) is 14.5. The summed E-state index contributed by atoms with van der Waals surface area (Å²) in [4.78, 5) is 25.4. The molecule has 0 aliphatic carbocycles. The van der Waals surface area contributed by atoms with Gasteiger partial charge >= 0.3 is 0 Å². The molecule has 132 valence electrons. The van der Waals surface area contributed by atoms with Crippen LogP contribution in [0.4, 0.5) is 0 Å². The summed E-state index contributed by atoms with van der Waals surface area (Å²) in [6, 6.07) is 4.85. The molecule has 2 N–H and O–H groups in total. The minimum atomic E-state index is -0.582. The SMILES string of the molecule is COc1cc(C(=O)N2CC(C)OC(C)(C)C2)ccc1OCC(N)=O. The molecule has 1 aliphatic rings. The summed E-state index contributed by atoms with van der Waals surface area (Å²) in [6.07, 6.45) is -0.0298. The predicted octanol–water partition coefficient (Wildman–Crippen LogP) is 1.20. The van der Waals surface area contributed by atoms with Crippen molar-refractivity contribution in [2.75, 3.05) is 26.8 Å². The fraction of sp³-hybridized carbons (Fsp3) is 0.529. The van der Waals surface area contributed by atoms with Crippen LogP contribution in [-0.4, -0.2) is 55.2 Å². The maximum atomic E-state index is 12.8. The van der Waals surface area contributed by atoms with Crippen molar-refractivity contribution in [3.63, 3.8) is 0 Å². The minimum absolute atomic E-state index is 0.0298. The van der Waals surface area contributed by atoms with Gasteiger partial charge in [-0.05, 0) is 39.0 Å². The Labute approximate surface area is 141 Å². The van der Waals surface area contributed by atoms with Crippen LogP contribution in [0.1, 0.15) is 31.1 Å². The molecule has 0 saturated carbocycles. The lowest BCUT2D eigenvalue weighted by Gasteiger charge is -2.41. The fourth-order valence-corrected chi connectivity index (χ4v) is 2.86. The van der Waals surface area contributed by atoms with Crippen LogP contribution >= 0.6 is 0 Å². The number of morpholine rings is 1. The average molecular weight is 336 g/mol. The topological polar surface area (TPSA) is 91.1 Å². The highest BCUT2D eigenvalue weighted by Gasteiger charge is 2.34. The molecule has 0 aromatic heterocycles. The molecular weight excluding hydrogens is 312 g/mol. The summed E-state index contributed by atoms with van der Waals surface area (Å²) >= 11 is 0. The molecule has 1 heterocycles. The molecule has 1 aliphatic heterocycles. The lowest BCUT2D eigenvalue weighted by Crippen LogP contribution is -2.53. The molecule has 1 atom stereocenters. The van der Waals surface area contributed by atoms with Crippen molar-refractivity contribution in [2.45, 2.75) is 32.5 Å². The Kier molecular flexibility index (Phi) is 5.33. The third kappa shape index (κ3) is 4.38. The van der Waals surface area contributed by atoms with Gasteiger partial charge in [-0.1, -0.05) is 0 Å². The Hall–Kier alpha value is -2.28. The van der Waals surface area contributed by atoms with Gasteiger partial charge in [0.15, 0.2) is 18.1 Å². The Bertz CT molecular complexity index is 629. The lowest BCUT2D eigenvalue weighted by molar-refractivity contribution is -0.120. The number of benzene rings is 1. The van der Waals surface area contributed by atoms with Crippen LogP contribution in [0, 0.1) is 0 Å². The number of nitrogens with zero attached hydrogens (tertiary/aromatic N) is 1. The van der Waals surface area contributed by atoms with Crippen LogP contribution in [0.2, 0.25) is 0 Å². The molecule has 0 spiro atoms. The molecule has 0 radical (unpaired) electrons. The van der Waals surface area contributed by atoms with E-state index >= 15 is 0 Å². The summed E-state index contributed by atoms with van der Waals surface area (Å²) in [6.45, 7) is 6.67. The Morgan fingerprint density at radius 2 is 2.08 bits per heavy atom. The third-order valence-electron chi connectivity index (χ3n) is 3.64. The van der Waals surface area contributed by atoms with Gasteiger partial charge in [-0.3, -0.25) is 9.59 Å². The lowest BCUT2D eigenvalue weighted by atomic mass is 10.0. The average Bonchev–Trinajstić information content (AvgIpc) is 2.50. The van der Waals surface area contributed by atoms with E-state index in [1.54, 1.807) is 23.1 Å². The van der Waals surface area contributed by atoms with Gasteiger partial charge in [-0.2, -0.15) is 0 Å². The quantitative estimate of drug-likeness (QED) is 0.872. The summed E-state index contributed by atoms with van der Waals surface area (Å²) in [7, 11) is 1.47. The third-order valence-corrected chi connectivity index (χ3v) is 3.64. The number of rotatable bonds is 5. The molecule has 1 unspecified atom stereocenters. The standard InChI is InChI=1S/C17H24N2O5/c1-11-8-19(10-17(2,3)24-11)16(21)12-5-6-13(14(7-12)22-4)23-9-15(18)20/h5-7,11H,8-10H2,1-4H3,(H2,18,20). The first kappa shape index (κ1) is 18.1. The van der Waals surface area contributed by atoms with Gasteiger partial charge < -0.3 is 24.8 Å². The van der Waals surface area contributed by atoms with Gasteiger partial charge in [0.05, 0.1) is 18.8 Å². The van der Waals surface area contributed by atoms with Crippen molar-refractivity contribution in [1.29, 1.82) is 0 Å². The van der Waals surface area contributed by atoms with Crippen LogP contribution in [0.3, 0.4) is 0 Å². The maximum Gasteiger partial charge on any atom is 0.255 e. The van der Waals surface area contributed by atoms with Crippen LogP contribution < -0.4 is 15.2 Å². The highest BCUT2D eigenvalue weighted by molar-refractivity contribution is 5.95. The highest BCUT2D eigenvalue weighted by atomic mass is 16.5. The molecule has 24 heavy (non-hydrogen) atoms. The number of primary amides is 1. The Morgan fingerprint density at radius 1 is 1.38 bits per heavy atom. The molecular formula is C17H24N2O5. The molecule has 0 bridgehead atoms. The number of methoxy groups -OCH3 is 1. The highest BCUT2D eigenvalue weighted by Crippen LogP contribution is 2.29. The molecule has 1 aromatic carbocycles. The minimum Gasteiger partial charge on any atom is -0.493 e. The van der Waals surface area contributed by atoms with Crippen LogP contribution in [0.15, 0.2) is 18.2 Å². The largest absolute Gasteiger partial charge is 0.493 e. The summed E-state index contributed by atoms with van der Waals surface area (Å²) in [5.74, 6) is 0.0610. The first-order valence-electron chi connectivity index (χ1n) is 7.78. The summed E-state index contributed by atoms with van der Waals surface area (Å²) in [5.41, 5.74) is 5.17. The first-order chi connectivity index (χ1) is 11.2. The van der Waals surface area contributed by atoms with Crippen molar-refractivity contribution in [3.05, 3.63) is 23.8 Å². The second-order valence-electron chi connectivity index (χ2n) is 6.49. The van der Waals surface area contributed by atoms with Gasteiger partial charge in [-0.25, -0.2) is 0 Å². The van der Waals surface area contributed by atoms with E-state index in [0.717, 1.165) is 0 Å². The summed E-state index contributed by atoms with van der Waals surface area (Å²) < 4.78 is 16.3. The smallest absolute Gasteiger partial charge is 0.255 e. The van der Waals surface area contributed by atoms with Crippen LogP contribution in [0.5, 0.6) is 11.5 Å². The number of ether oxygens (including phenoxy) is 3. The number of amides is 2. The van der Waals surface area contributed by atoms with E-state index in [0.29, 0.717) is 30.2 Å². The monoisotopic (exact) mass is 336 g/mol. The van der Waals surface area contributed by atoms with Crippen LogP contribution in [-0.2, 0) is 9.53 Å². The maximum absolute atomic E-state index is 12.8. The molecule has 2 amide bonds. The van der Waals surface area contributed by atoms with Crippen molar-refractivity contribution in [2.24, 2.45) is 5.73 Å².